The molecule has 1 aromatic rings. The maximum absolute atomic E-state index is 11.8. The van der Waals surface area contributed by atoms with Gasteiger partial charge in [-0.2, -0.15) is 0 Å². The van der Waals surface area contributed by atoms with E-state index in [0.717, 1.165) is 5.56 Å². The van der Waals surface area contributed by atoms with E-state index in [2.05, 4.69) is 50.4 Å². The summed E-state index contributed by atoms with van der Waals surface area (Å²) >= 11 is 0. The molecule has 0 fully saturated rings. The van der Waals surface area contributed by atoms with Crippen LogP contribution in [-0.2, 0) is 16.8 Å². The molecule has 0 atom stereocenters. The van der Waals surface area contributed by atoms with E-state index in [-0.39, 0.29) is 16.7 Å². The van der Waals surface area contributed by atoms with E-state index in [1.807, 2.05) is 20.8 Å². The normalized spacial score (nSPS) is 12.3. The third kappa shape index (κ3) is 4.17. The van der Waals surface area contributed by atoms with Crippen molar-refractivity contribution in [1.29, 1.82) is 0 Å². The molecular weight excluding hydrogens is 222 g/mol. The molecule has 1 amide bonds. The van der Waals surface area contributed by atoms with Gasteiger partial charge in [-0.25, -0.2) is 0 Å². The second-order valence-corrected chi connectivity index (χ2v) is 6.88. The summed E-state index contributed by atoms with van der Waals surface area (Å²) in [5, 5.41) is 2.98. The van der Waals surface area contributed by atoms with Crippen LogP contribution in [0, 0.1) is 5.41 Å². The first-order chi connectivity index (χ1) is 8.10. The molecule has 0 saturated heterocycles. The largest absolute Gasteiger partial charge is 0.352 e. The molecule has 0 heterocycles. The Morgan fingerprint density at radius 3 is 2.22 bits per heavy atom. The Balaban J connectivity index is 2.73. The first kappa shape index (κ1) is 14.7. The molecule has 1 N–H and O–H groups in total. The van der Waals surface area contributed by atoms with Gasteiger partial charge in [0, 0.05) is 12.0 Å². The number of carbonyl (C=O) groups excluding carboxylic acids is 1. The molecule has 0 aliphatic rings. The van der Waals surface area contributed by atoms with Crippen LogP contribution in [0.4, 0.5) is 0 Å². The van der Waals surface area contributed by atoms with Gasteiger partial charge >= 0.3 is 0 Å². The summed E-state index contributed by atoms with van der Waals surface area (Å²) in [5.41, 5.74) is 2.26. The van der Waals surface area contributed by atoms with Crippen LogP contribution in [0.15, 0.2) is 24.3 Å². The SMILES string of the molecule is CC(C)(C)C(=O)NCc1cccc(C(C)(C)C)c1. The van der Waals surface area contributed by atoms with Crippen molar-refractivity contribution in [2.24, 2.45) is 5.41 Å². The highest BCUT2D eigenvalue weighted by atomic mass is 16.2. The van der Waals surface area contributed by atoms with Crippen molar-refractivity contribution in [2.45, 2.75) is 53.5 Å². The molecule has 0 aliphatic heterocycles. The number of hydrogen-bond acceptors (Lipinski definition) is 1. The van der Waals surface area contributed by atoms with Gasteiger partial charge in [0.15, 0.2) is 0 Å². The van der Waals surface area contributed by atoms with Gasteiger partial charge in [0.05, 0.1) is 0 Å². The van der Waals surface area contributed by atoms with Crippen molar-refractivity contribution in [2.75, 3.05) is 0 Å². The Morgan fingerprint density at radius 1 is 1.11 bits per heavy atom. The van der Waals surface area contributed by atoms with Gasteiger partial charge in [0.2, 0.25) is 5.91 Å². The predicted molar refractivity (Wildman–Crippen MR) is 76.4 cm³/mol. The average Bonchev–Trinajstić information content (AvgIpc) is 2.23. The fourth-order valence-corrected chi connectivity index (χ4v) is 1.60. The standard InChI is InChI=1S/C16H25NO/c1-15(2,3)13-9-7-8-12(10-13)11-17-14(18)16(4,5)6/h7-10H,11H2,1-6H3,(H,17,18). The van der Waals surface area contributed by atoms with Gasteiger partial charge in [0.25, 0.3) is 0 Å². The third-order valence-corrected chi connectivity index (χ3v) is 2.93. The van der Waals surface area contributed by atoms with Crippen LogP contribution in [-0.4, -0.2) is 5.91 Å². The number of nitrogens with one attached hydrogen (secondary N) is 1. The first-order valence-electron chi connectivity index (χ1n) is 6.48. The van der Waals surface area contributed by atoms with Crippen molar-refractivity contribution >= 4 is 5.91 Å². The van der Waals surface area contributed by atoms with Crippen LogP contribution in [0.25, 0.3) is 0 Å². The van der Waals surface area contributed by atoms with E-state index in [4.69, 9.17) is 0 Å². The number of rotatable bonds is 2. The Morgan fingerprint density at radius 2 is 1.72 bits per heavy atom. The molecule has 1 rings (SSSR count). The van der Waals surface area contributed by atoms with Crippen LogP contribution < -0.4 is 5.32 Å². The molecule has 1 aromatic carbocycles. The van der Waals surface area contributed by atoms with E-state index in [0.29, 0.717) is 6.54 Å². The van der Waals surface area contributed by atoms with Crippen LogP contribution in [0.5, 0.6) is 0 Å². The molecule has 0 radical (unpaired) electrons. The summed E-state index contributed by atoms with van der Waals surface area (Å²) < 4.78 is 0. The van der Waals surface area contributed by atoms with Crippen molar-refractivity contribution in [3.8, 4) is 0 Å². The summed E-state index contributed by atoms with van der Waals surface area (Å²) in [7, 11) is 0. The van der Waals surface area contributed by atoms with Crippen molar-refractivity contribution in [3.63, 3.8) is 0 Å². The molecule has 2 nitrogen and oxygen atoms in total. The monoisotopic (exact) mass is 247 g/mol. The Kier molecular flexibility index (Phi) is 4.20. The predicted octanol–water partition coefficient (Wildman–Crippen LogP) is 3.65. The average molecular weight is 247 g/mol. The van der Waals surface area contributed by atoms with Gasteiger partial charge in [-0.05, 0) is 16.5 Å². The quantitative estimate of drug-likeness (QED) is 0.849. The Labute approximate surface area is 111 Å². The van der Waals surface area contributed by atoms with E-state index in [1.54, 1.807) is 0 Å². The molecule has 0 unspecified atom stereocenters. The summed E-state index contributed by atoms with van der Waals surface area (Å²) in [6.45, 7) is 13.0. The molecule has 0 spiro atoms. The molecular formula is C16H25NO. The second kappa shape index (κ2) is 5.13. The highest BCUT2D eigenvalue weighted by Crippen LogP contribution is 2.22. The van der Waals surface area contributed by atoms with E-state index in [1.165, 1.54) is 5.56 Å². The zero-order chi connectivity index (χ0) is 14.0. The summed E-state index contributed by atoms with van der Waals surface area (Å²) in [4.78, 5) is 11.8. The zero-order valence-corrected chi connectivity index (χ0v) is 12.4. The van der Waals surface area contributed by atoms with Crippen molar-refractivity contribution in [1.82, 2.24) is 5.32 Å². The number of benzene rings is 1. The van der Waals surface area contributed by atoms with Crippen LogP contribution >= 0.6 is 0 Å². The van der Waals surface area contributed by atoms with Crippen LogP contribution in [0.3, 0.4) is 0 Å². The lowest BCUT2D eigenvalue weighted by atomic mass is 9.86. The highest BCUT2D eigenvalue weighted by Gasteiger charge is 2.20. The van der Waals surface area contributed by atoms with E-state index >= 15 is 0 Å². The maximum atomic E-state index is 11.8. The lowest BCUT2D eigenvalue weighted by Crippen LogP contribution is -2.34. The lowest BCUT2D eigenvalue weighted by molar-refractivity contribution is -0.128. The molecule has 0 bridgehead atoms. The van der Waals surface area contributed by atoms with E-state index < -0.39 is 0 Å². The number of carbonyl (C=O) groups is 1. The Hall–Kier alpha value is -1.31. The van der Waals surface area contributed by atoms with Crippen molar-refractivity contribution in [3.05, 3.63) is 35.4 Å². The molecule has 0 aromatic heterocycles. The highest BCUT2D eigenvalue weighted by molar-refractivity contribution is 5.81. The maximum Gasteiger partial charge on any atom is 0.225 e. The van der Waals surface area contributed by atoms with Gasteiger partial charge in [-0.3, -0.25) is 4.79 Å². The molecule has 0 aliphatic carbocycles. The van der Waals surface area contributed by atoms with Gasteiger partial charge in [0.1, 0.15) is 0 Å². The first-order valence-corrected chi connectivity index (χ1v) is 6.48. The second-order valence-electron chi connectivity index (χ2n) is 6.88. The number of hydrogen-bond donors (Lipinski definition) is 1. The fraction of sp³-hybridized carbons (Fsp3) is 0.562. The van der Waals surface area contributed by atoms with Gasteiger partial charge in [-0.1, -0.05) is 65.8 Å². The van der Waals surface area contributed by atoms with Crippen LogP contribution in [0.2, 0.25) is 0 Å². The van der Waals surface area contributed by atoms with Crippen molar-refractivity contribution < 1.29 is 4.79 Å². The smallest absolute Gasteiger partial charge is 0.225 e. The Bertz CT molecular complexity index is 421. The molecule has 2 heteroatoms. The topological polar surface area (TPSA) is 29.1 Å². The minimum atomic E-state index is -0.332. The summed E-state index contributed by atoms with van der Waals surface area (Å²) in [6.07, 6.45) is 0. The summed E-state index contributed by atoms with van der Waals surface area (Å²) in [5.74, 6) is 0.0867. The molecule has 100 valence electrons. The minimum Gasteiger partial charge on any atom is -0.352 e. The van der Waals surface area contributed by atoms with Gasteiger partial charge in [-0.15, -0.1) is 0 Å². The van der Waals surface area contributed by atoms with E-state index in [9.17, 15) is 4.79 Å². The minimum absolute atomic E-state index is 0.0867. The van der Waals surface area contributed by atoms with Crippen LogP contribution in [0.1, 0.15) is 52.7 Å². The fourth-order valence-electron chi connectivity index (χ4n) is 1.60. The van der Waals surface area contributed by atoms with Gasteiger partial charge < -0.3 is 5.32 Å². The molecule has 18 heavy (non-hydrogen) atoms. The number of amides is 1. The zero-order valence-electron chi connectivity index (χ0n) is 12.4. The molecule has 0 saturated carbocycles. The third-order valence-electron chi connectivity index (χ3n) is 2.93. The summed E-state index contributed by atoms with van der Waals surface area (Å²) in [6, 6.07) is 8.41. The lowest BCUT2D eigenvalue weighted by Gasteiger charge is -2.21.